The fourth-order valence-corrected chi connectivity index (χ4v) is 2.11. The summed E-state index contributed by atoms with van der Waals surface area (Å²) in [6, 6.07) is 3.74. The first-order valence-corrected chi connectivity index (χ1v) is 5.57. The SMILES string of the molecule is COc1cc(C)c(-c2c(N)n[nH]c2C)cc1Cl. The Bertz CT molecular complexity index is 544. The fourth-order valence-electron chi connectivity index (χ4n) is 1.87. The molecule has 90 valence electrons. The number of methoxy groups -OCH3 is 1. The lowest BCUT2D eigenvalue weighted by molar-refractivity contribution is 0.415. The summed E-state index contributed by atoms with van der Waals surface area (Å²) in [5.41, 5.74) is 9.68. The summed E-state index contributed by atoms with van der Waals surface area (Å²) in [6.45, 7) is 3.91. The summed E-state index contributed by atoms with van der Waals surface area (Å²) in [5.74, 6) is 1.14. The summed E-state index contributed by atoms with van der Waals surface area (Å²) in [5, 5.41) is 7.41. The molecule has 1 heterocycles. The number of nitrogens with one attached hydrogen (secondary N) is 1. The molecule has 0 unspecified atom stereocenters. The van der Waals surface area contributed by atoms with Crippen LogP contribution in [0.1, 0.15) is 11.3 Å². The molecule has 3 N–H and O–H groups in total. The predicted molar refractivity (Wildman–Crippen MR) is 69.5 cm³/mol. The molecular formula is C12H14ClN3O. The van der Waals surface area contributed by atoms with Crippen LogP contribution in [0.25, 0.3) is 11.1 Å². The molecule has 0 aliphatic rings. The number of ether oxygens (including phenoxy) is 1. The monoisotopic (exact) mass is 251 g/mol. The molecule has 4 nitrogen and oxygen atoms in total. The number of H-pyrrole nitrogens is 1. The van der Waals surface area contributed by atoms with Gasteiger partial charge in [-0.25, -0.2) is 0 Å². The molecule has 0 fully saturated rings. The van der Waals surface area contributed by atoms with Gasteiger partial charge in [-0.05, 0) is 37.1 Å². The maximum absolute atomic E-state index is 6.13. The van der Waals surface area contributed by atoms with Gasteiger partial charge >= 0.3 is 0 Å². The number of rotatable bonds is 2. The summed E-state index contributed by atoms with van der Waals surface area (Å²) in [4.78, 5) is 0. The van der Waals surface area contributed by atoms with Crippen molar-refractivity contribution in [1.29, 1.82) is 0 Å². The normalized spacial score (nSPS) is 10.6. The Hall–Kier alpha value is -1.68. The second-order valence-corrected chi connectivity index (χ2v) is 4.32. The maximum Gasteiger partial charge on any atom is 0.153 e. The lowest BCUT2D eigenvalue weighted by atomic mass is 10.0. The average molecular weight is 252 g/mol. The number of hydrogen-bond donors (Lipinski definition) is 2. The number of nitrogens with two attached hydrogens (primary N) is 1. The predicted octanol–water partition coefficient (Wildman–Crippen LogP) is 2.94. The zero-order chi connectivity index (χ0) is 12.6. The second kappa shape index (κ2) is 4.30. The molecule has 0 spiro atoms. The van der Waals surface area contributed by atoms with Gasteiger partial charge in [0, 0.05) is 11.3 Å². The van der Waals surface area contributed by atoms with Gasteiger partial charge in [-0.2, -0.15) is 5.10 Å². The van der Waals surface area contributed by atoms with Crippen molar-refractivity contribution in [3.63, 3.8) is 0 Å². The molecule has 0 amide bonds. The molecule has 17 heavy (non-hydrogen) atoms. The van der Waals surface area contributed by atoms with Gasteiger partial charge in [0.05, 0.1) is 12.1 Å². The first kappa shape index (κ1) is 11.8. The van der Waals surface area contributed by atoms with E-state index in [-0.39, 0.29) is 0 Å². The first-order chi connectivity index (χ1) is 8.04. The van der Waals surface area contributed by atoms with E-state index in [0.29, 0.717) is 16.6 Å². The minimum absolute atomic E-state index is 0.479. The molecule has 1 aromatic carbocycles. The number of benzene rings is 1. The van der Waals surface area contributed by atoms with Gasteiger partial charge in [-0.1, -0.05) is 11.6 Å². The van der Waals surface area contributed by atoms with Gasteiger partial charge in [0.25, 0.3) is 0 Å². The van der Waals surface area contributed by atoms with E-state index in [2.05, 4.69) is 10.2 Å². The molecule has 2 rings (SSSR count). The van der Waals surface area contributed by atoms with Crippen LogP contribution in [-0.4, -0.2) is 17.3 Å². The maximum atomic E-state index is 6.13. The molecule has 0 radical (unpaired) electrons. The Morgan fingerprint density at radius 2 is 2.06 bits per heavy atom. The third-order valence-electron chi connectivity index (χ3n) is 2.74. The molecule has 0 atom stereocenters. The van der Waals surface area contributed by atoms with Crippen molar-refractivity contribution in [2.45, 2.75) is 13.8 Å². The number of hydrogen-bond acceptors (Lipinski definition) is 3. The third kappa shape index (κ3) is 1.96. The van der Waals surface area contributed by atoms with E-state index in [9.17, 15) is 0 Å². The zero-order valence-electron chi connectivity index (χ0n) is 9.97. The van der Waals surface area contributed by atoms with Gasteiger partial charge in [-0.15, -0.1) is 0 Å². The van der Waals surface area contributed by atoms with Crippen LogP contribution in [0.3, 0.4) is 0 Å². The Kier molecular flexibility index (Phi) is 2.98. The van der Waals surface area contributed by atoms with Crippen LogP contribution in [0, 0.1) is 13.8 Å². The van der Waals surface area contributed by atoms with E-state index in [4.69, 9.17) is 22.1 Å². The van der Waals surface area contributed by atoms with E-state index < -0.39 is 0 Å². The summed E-state index contributed by atoms with van der Waals surface area (Å²) >= 11 is 6.13. The number of aryl methyl sites for hydroxylation is 2. The van der Waals surface area contributed by atoms with Crippen LogP contribution >= 0.6 is 11.6 Å². The Morgan fingerprint density at radius 1 is 1.35 bits per heavy atom. The lowest BCUT2D eigenvalue weighted by Crippen LogP contribution is -1.93. The second-order valence-electron chi connectivity index (χ2n) is 3.91. The van der Waals surface area contributed by atoms with Crippen molar-refractivity contribution in [3.05, 3.63) is 28.4 Å². The van der Waals surface area contributed by atoms with E-state index in [1.807, 2.05) is 26.0 Å². The first-order valence-electron chi connectivity index (χ1n) is 5.19. The Balaban J connectivity index is 2.65. The van der Waals surface area contributed by atoms with Crippen molar-refractivity contribution in [1.82, 2.24) is 10.2 Å². The van der Waals surface area contributed by atoms with Crippen molar-refractivity contribution >= 4 is 17.4 Å². The smallest absolute Gasteiger partial charge is 0.153 e. The van der Waals surface area contributed by atoms with Gasteiger partial charge < -0.3 is 10.5 Å². The molecule has 0 saturated carbocycles. The van der Waals surface area contributed by atoms with E-state index in [0.717, 1.165) is 22.4 Å². The third-order valence-corrected chi connectivity index (χ3v) is 3.04. The van der Waals surface area contributed by atoms with Gasteiger partial charge in [0.15, 0.2) is 5.82 Å². The average Bonchev–Trinajstić information content (AvgIpc) is 2.62. The summed E-state index contributed by atoms with van der Waals surface area (Å²) < 4.78 is 5.17. The summed E-state index contributed by atoms with van der Waals surface area (Å²) in [6.07, 6.45) is 0. The largest absolute Gasteiger partial charge is 0.495 e. The molecule has 1 aromatic heterocycles. The molecule has 0 aliphatic carbocycles. The van der Waals surface area contributed by atoms with E-state index in [1.165, 1.54) is 0 Å². The highest BCUT2D eigenvalue weighted by atomic mass is 35.5. The quantitative estimate of drug-likeness (QED) is 0.863. The Labute approximate surface area is 105 Å². The topological polar surface area (TPSA) is 63.9 Å². The van der Waals surface area contributed by atoms with Gasteiger partial charge in [-0.3, -0.25) is 5.10 Å². The molecule has 0 aliphatic heterocycles. The number of aromatic amines is 1. The highest BCUT2D eigenvalue weighted by Gasteiger charge is 2.14. The fraction of sp³-hybridized carbons (Fsp3) is 0.250. The zero-order valence-corrected chi connectivity index (χ0v) is 10.7. The van der Waals surface area contributed by atoms with Crippen molar-refractivity contribution < 1.29 is 4.74 Å². The lowest BCUT2D eigenvalue weighted by Gasteiger charge is -2.10. The van der Waals surface area contributed by atoms with Crippen molar-refractivity contribution in [3.8, 4) is 16.9 Å². The molecule has 0 bridgehead atoms. The van der Waals surface area contributed by atoms with Crippen molar-refractivity contribution in [2.24, 2.45) is 0 Å². The highest BCUT2D eigenvalue weighted by molar-refractivity contribution is 6.32. The standard InChI is InChI=1S/C12H14ClN3O/c1-6-4-10(17-3)9(13)5-8(6)11-7(2)15-16-12(11)14/h4-5H,1-3H3,(H3,14,15,16). The molecule has 0 saturated heterocycles. The number of nitrogen functional groups attached to an aromatic ring is 1. The molecule has 5 heteroatoms. The number of halogens is 1. The van der Waals surface area contributed by atoms with Crippen LogP contribution in [-0.2, 0) is 0 Å². The Morgan fingerprint density at radius 3 is 2.59 bits per heavy atom. The minimum Gasteiger partial charge on any atom is -0.495 e. The van der Waals surface area contributed by atoms with Crippen molar-refractivity contribution in [2.75, 3.05) is 12.8 Å². The van der Waals surface area contributed by atoms with Crippen LogP contribution in [0.5, 0.6) is 5.75 Å². The van der Waals surface area contributed by atoms with Crippen LogP contribution in [0.2, 0.25) is 5.02 Å². The number of aromatic nitrogens is 2. The minimum atomic E-state index is 0.479. The van der Waals surface area contributed by atoms with Gasteiger partial charge in [0.2, 0.25) is 0 Å². The number of anilines is 1. The van der Waals surface area contributed by atoms with Gasteiger partial charge in [0.1, 0.15) is 5.75 Å². The highest BCUT2D eigenvalue weighted by Crippen LogP contribution is 2.36. The van der Waals surface area contributed by atoms with Crippen LogP contribution in [0.4, 0.5) is 5.82 Å². The van der Waals surface area contributed by atoms with Crippen LogP contribution < -0.4 is 10.5 Å². The number of nitrogens with zero attached hydrogens (tertiary/aromatic N) is 1. The molecule has 2 aromatic rings. The van der Waals surface area contributed by atoms with E-state index in [1.54, 1.807) is 7.11 Å². The molecular weight excluding hydrogens is 238 g/mol. The summed E-state index contributed by atoms with van der Waals surface area (Å²) in [7, 11) is 1.60. The van der Waals surface area contributed by atoms with E-state index >= 15 is 0 Å². The van der Waals surface area contributed by atoms with Crippen LogP contribution in [0.15, 0.2) is 12.1 Å².